The maximum atomic E-state index is 6.16. The number of aromatic nitrogens is 3. The van der Waals surface area contributed by atoms with Gasteiger partial charge in [-0.05, 0) is 17.7 Å². The average molecular weight is 360 g/mol. The quantitative estimate of drug-likeness (QED) is 0.916. The average Bonchev–Trinajstić information content (AvgIpc) is 2.63. The van der Waals surface area contributed by atoms with Gasteiger partial charge in [-0.25, -0.2) is 0 Å². The Morgan fingerprint density at radius 3 is 2.76 bits per heavy atom. The van der Waals surface area contributed by atoms with Crippen molar-refractivity contribution in [3.8, 4) is 0 Å². The SMILES string of the molecule is Cn1cc(CC(N)c2ccc(Br)cc2Br)nn1. The number of halogens is 2. The largest absolute Gasteiger partial charge is 0.324 e. The highest BCUT2D eigenvalue weighted by atomic mass is 79.9. The van der Waals surface area contributed by atoms with Gasteiger partial charge < -0.3 is 5.73 Å². The van der Waals surface area contributed by atoms with Crippen LogP contribution in [0, 0.1) is 0 Å². The molecule has 0 radical (unpaired) electrons. The number of hydrogen-bond acceptors (Lipinski definition) is 3. The molecular weight excluding hydrogens is 348 g/mol. The number of rotatable bonds is 3. The van der Waals surface area contributed by atoms with Gasteiger partial charge in [0.15, 0.2) is 0 Å². The van der Waals surface area contributed by atoms with Crippen LogP contribution in [-0.4, -0.2) is 15.0 Å². The summed E-state index contributed by atoms with van der Waals surface area (Å²) in [4.78, 5) is 0. The zero-order valence-electron chi connectivity index (χ0n) is 9.27. The highest BCUT2D eigenvalue weighted by Gasteiger charge is 2.12. The van der Waals surface area contributed by atoms with E-state index in [4.69, 9.17) is 5.73 Å². The molecule has 2 rings (SSSR count). The van der Waals surface area contributed by atoms with Crippen LogP contribution in [0.2, 0.25) is 0 Å². The Balaban J connectivity index is 2.17. The summed E-state index contributed by atoms with van der Waals surface area (Å²) in [6, 6.07) is 5.90. The first-order valence-corrected chi connectivity index (χ1v) is 6.70. The van der Waals surface area contributed by atoms with Gasteiger partial charge in [0.1, 0.15) is 0 Å². The zero-order valence-corrected chi connectivity index (χ0v) is 12.4. The van der Waals surface area contributed by atoms with E-state index in [2.05, 4.69) is 42.2 Å². The lowest BCUT2D eigenvalue weighted by atomic mass is 10.0. The number of nitrogens with zero attached hydrogens (tertiary/aromatic N) is 3. The van der Waals surface area contributed by atoms with E-state index in [0.717, 1.165) is 20.2 Å². The third kappa shape index (κ3) is 3.14. The summed E-state index contributed by atoms with van der Waals surface area (Å²) in [5.74, 6) is 0. The van der Waals surface area contributed by atoms with Crippen molar-refractivity contribution in [2.24, 2.45) is 12.8 Å². The smallest absolute Gasteiger partial charge is 0.0845 e. The predicted molar refractivity (Wildman–Crippen MR) is 73.5 cm³/mol. The first-order valence-electron chi connectivity index (χ1n) is 5.12. The molecular formula is C11H12Br2N4. The van der Waals surface area contributed by atoms with Gasteiger partial charge >= 0.3 is 0 Å². The van der Waals surface area contributed by atoms with Crippen LogP contribution in [0.3, 0.4) is 0 Å². The van der Waals surface area contributed by atoms with Gasteiger partial charge in [0.25, 0.3) is 0 Å². The topological polar surface area (TPSA) is 56.7 Å². The minimum atomic E-state index is -0.0887. The van der Waals surface area contributed by atoms with E-state index in [1.54, 1.807) is 4.68 Å². The first-order chi connectivity index (χ1) is 8.06. The summed E-state index contributed by atoms with van der Waals surface area (Å²) in [6.07, 6.45) is 2.56. The maximum Gasteiger partial charge on any atom is 0.0845 e. The van der Waals surface area contributed by atoms with E-state index < -0.39 is 0 Å². The second-order valence-corrected chi connectivity index (χ2v) is 5.63. The van der Waals surface area contributed by atoms with Gasteiger partial charge in [-0.1, -0.05) is 43.1 Å². The molecule has 0 saturated heterocycles. The highest BCUT2D eigenvalue weighted by molar-refractivity contribution is 9.11. The van der Waals surface area contributed by atoms with E-state index in [0.29, 0.717) is 6.42 Å². The summed E-state index contributed by atoms with van der Waals surface area (Å²) in [5.41, 5.74) is 8.13. The van der Waals surface area contributed by atoms with E-state index in [9.17, 15) is 0 Å². The summed E-state index contributed by atoms with van der Waals surface area (Å²) in [7, 11) is 1.84. The predicted octanol–water partition coefficient (Wildman–Crippen LogP) is 2.58. The van der Waals surface area contributed by atoms with Crippen LogP contribution < -0.4 is 5.73 Å². The van der Waals surface area contributed by atoms with Crippen LogP contribution in [0.1, 0.15) is 17.3 Å². The van der Waals surface area contributed by atoms with Gasteiger partial charge in [0.05, 0.1) is 5.69 Å². The number of hydrogen-bond donors (Lipinski definition) is 1. The molecule has 2 N–H and O–H groups in total. The molecule has 1 unspecified atom stereocenters. The molecule has 0 amide bonds. The second-order valence-electron chi connectivity index (χ2n) is 3.86. The fourth-order valence-electron chi connectivity index (χ4n) is 1.63. The highest BCUT2D eigenvalue weighted by Crippen LogP contribution is 2.27. The summed E-state index contributed by atoms with van der Waals surface area (Å²) in [6.45, 7) is 0. The van der Waals surface area contributed by atoms with Gasteiger partial charge in [-0.15, -0.1) is 5.10 Å². The third-order valence-electron chi connectivity index (χ3n) is 2.44. The molecule has 17 heavy (non-hydrogen) atoms. The first kappa shape index (κ1) is 12.7. The molecule has 0 aliphatic heterocycles. The maximum absolute atomic E-state index is 6.16. The van der Waals surface area contributed by atoms with Crippen molar-refractivity contribution in [2.75, 3.05) is 0 Å². The normalized spacial score (nSPS) is 12.7. The molecule has 6 heteroatoms. The van der Waals surface area contributed by atoms with Crippen molar-refractivity contribution in [2.45, 2.75) is 12.5 Å². The zero-order chi connectivity index (χ0) is 12.4. The molecule has 0 fully saturated rings. The van der Waals surface area contributed by atoms with Crippen LogP contribution in [0.4, 0.5) is 0 Å². The molecule has 1 heterocycles. The lowest BCUT2D eigenvalue weighted by Crippen LogP contribution is -2.14. The van der Waals surface area contributed by atoms with Gasteiger partial charge in [-0.2, -0.15) is 0 Å². The second kappa shape index (κ2) is 5.29. The molecule has 90 valence electrons. The van der Waals surface area contributed by atoms with E-state index >= 15 is 0 Å². The Morgan fingerprint density at radius 1 is 1.41 bits per heavy atom. The van der Waals surface area contributed by atoms with E-state index in [-0.39, 0.29) is 6.04 Å². The standard InChI is InChI=1S/C11H12Br2N4/c1-17-6-8(15-16-17)5-11(14)9-3-2-7(12)4-10(9)13/h2-4,6,11H,5,14H2,1H3. The Labute approximate surface area is 116 Å². The minimum Gasteiger partial charge on any atom is -0.324 e. The van der Waals surface area contributed by atoms with Crippen LogP contribution in [0.25, 0.3) is 0 Å². The Morgan fingerprint density at radius 2 is 2.18 bits per heavy atom. The van der Waals surface area contributed by atoms with Crippen LogP contribution in [0.5, 0.6) is 0 Å². The number of nitrogens with two attached hydrogens (primary N) is 1. The lowest BCUT2D eigenvalue weighted by Gasteiger charge is -2.12. The van der Waals surface area contributed by atoms with Crippen LogP contribution in [0.15, 0.2) is 33.3 Å². The summed E-state index contributed by atoms with van der Waals surface area (Å²) < 4.78 is 3.71. The van der Waals surface area contributed by atoms with Gasteiger partial charge in [0.2, 0.25) is 0 Å². The Bertz CT molecular complexity index is 524. The van der Waals surface area contributed by atoms with Crippen molar-refractivity contribution >= 4 is 31.9 Å². The van der Waals surface area contributed by atoms with Crippen molar-refractivity contribution < 1.29 is 0 Å². The fourth-order valence-corrected chi connectivity index (χ4v) is 2.97. The molecule has 4 nitrogen and oxygen atoms in total. The van der Waals surface area contributed by atoms with E-state index in [1.807, 2.05) is 31.4 Å². The van der Waals surface area contributed by atoms with Gasteiger partial charge in [-0.3, -0.25) is 4.68 Å². The molecule has 0 bridgehead atoms. The molecule has 0 aliphatic carbocycles. The molecule has 1 aromatic carbocycles. The fraction of sp³-hybridized carbons (Fsp3) is 0.273. The Kier molecular flexibility index (Phi) is 3.96. The lowest BCUT2D eigenvalue weighted by molar-refractivity contribution is 0.692. The van der Waals surface area contributed by atoms with E-state index in [1.165, 1.54) is 0 Å². The molecule has 0 aliphatic rings. The van der Waals surface area contributed by atoms with Crippen molar-refractivity contribution in [3.05, 3.63) is 44.6 Å². The monoisotopic (exact) mass is 358 g/mol. The molecule has 0 saturated carbocycles. The Hall–Kier alpha value is -0.720. The van der Waals surface area contributed by atoms with Crippen molar-refractivity contribution in [1.29, 1.82) is 0 Å². The number of benzene rings is 1. The van der Waals surface area contributed by atoms with Crippen molar-refractivity contribution in [1.82, 2.24) is 15.0 Å². The summed E-state index contributed by atoms with van der Waals surface area (Å²) >= 11 is 6.93. The van der Waals surface area contributed by atoms with Crippen LogP contribution >= 0.6 is 31.9 Å². The molecule has 1 atom stereocenters. The number of aryl methyl sites for hydroxylation is 1. The summed E-state index contributed by atoms with van der Waals surface area (Å²) in [5, 5.41) is 7.93. The molecule has 2 aromatic rings. The van der Waals surface area contributed by atoms with Crippen LogP contribution in [-0.2, 0) is 13.5 Å². The molecule has 1 aromatic heterocycles. The molecule has 0 spiro atoms. The minimum absolute atomic E-state index is 0.0887. The van der Waals surface area contributed by atoms with Crippen molar-refractivity contribution in [3.63, 3.8) is 0 Å². The van der Waals surface area contributed by atoms with Gasteiger partial charge in [0, 0.05) is 34.7 Å². The third-order valence-corrected chi connectivity index (χ3v) is 3.62.